The molecular formula is C15H27N3O. The minimum atomic E-state index is -0.461. The van der Waals surface area contributed by atoms with Crippen molar-refractivity contribution in [2.45, 2.75) is 65.1 Å². The summed E-state index contributed by atoms with van der Waals surface area (Å²) in [7, 11) is 2.10. The Labute approximate surface area is 116 Å². The summed E-state index contributed by atoms with van der Waals surface area (Å²) in [6, 6.07) is 0. The second-order valence-electron chi connectivity index (χ2n) is 6.07. The van der Waals surface area contributed by atoms with Crippen molar-refractivity contribution in [2.24, 2.45) is 0 Å². The molecule has 0 unspecified atom stereocenters. The van der Waals surface area contributed by atoms with Crippen LogP contribution in [0.1, 0.15) is 49.6 Å². The van der Waals surface area contributed by atoms with Gasteiger partial charge in [0.25, 0.3) is 0 Å². The molecule has 1 saturated carbocycles. The average molecular weight is 265 g/mol. The highest BCUT2D eigenvalue weighted by Crippen LogP contribution is 2.30. The first-order valence-corrected chi connectivity index (χ1v) is 7.39. The molecule has 2 rings (SSSR count). The normalized spacial score (nSPS) is 18.4. The Morgan fingerprint density at radius 1 is 1.32 bits per heavy atom. The fourth-order valence-electron chi connectivity index (χ4n) is 3.29. The van der Waals surface area contributed by atoms with E-state index in [0.29, 0.717) is 0 Å². The largest absolute Gasteiger partial charge is 0.389 e. The van der Waals surface area contributed by atoms with Crippen LogP contribution in [0.4, 0.5) is 0 Å². The molecule has 1 aromatic rings. The van der Waals surface area contributed by atoms with Crippen LogP contribution in [0.5, 0.6) is 0 Å². The maximum atomic E-state index is 10.5. The van der Waals surface area contributed by atoms with Gasteiger partial charge in [-0.2, -0.15) is 5.10 Å². The van der Waals surface area contributed by atoms with Gasteiger partial charge >= 0.3 is 0 Å². The van der Waals surface area contributed by atoms with E-state index in [2.05, 4.69) is 42.5 Å². The highest BCUT2D eigenvalue weighted by molar-refractivity contribution is 5.24. The van der Waals surface area contributed by atoms with Crippen molar-refractivity contribution in [1.29, 1.82) is 0 Å². The molecule has 4 heteroatoms. The first-order chi connectivity index (χ1) is 8.95. The molecule has 0 spiro atoms. The predicted molar refractivity (Wildman–Crippen MR) is 77.1 cm³/mol. The molecule has 0 atom stereocenters. The van der Waals surface area contributed by atoms with Crippen LogP contribution in [0.25, 0.3) is 0 Å². The van der Waals surface area contributed by atoms with Gasteiger partial charge < -0.3 is 5.11 Å². The van der Waals surface area contributed by atoms with Crippen LogP contribution in [0.15, 0.2) is 0 Å². The molecule has 0 radical (unpaired) electrons. The SMILES string of the molecule is CCn1nc(C)c(CN(C)CC2(O)CCCC2)c1C. The van der Waals surface area contributed by atoms with Crippen LogP contribution >= 0.6 is 0 Å². The van der Waals surface area contributed by atoms with Crippen LogP contribution in [-0.2, 0) is 13.1 Å². The summed E-state index contributed by atoms with van der Waals surface area (Å²) in [4.78, 5) is 2.24. The smallest absolute Gasteiger partial charge is 0.0774 e. The van der Waals surface area contributed by atoms with E-state index in [1.165, 1.54) is 11.3 Å². The molecule has 0 aromatic carbocycles. The summed E-state index contributed by atoms with van der Waals surface area (Å²) in [5, 5.41) is 15.0. The first-order valence-electron chi connectivity index (χ1n) is 7.39. The molecular weight excluding hydrogens is 238 g/mol. The number of rotatable bonds is 5. The van der Waals surface area contributed by atoms with Gasteiger partial charge in [-0.25, -0.2) is 0 Å². The Bertz CT molecular complexity index is 433. The van der Waals surface area contributed by atoms with Gasteiger partial charge in [0, 0.05) is 30.9 Å². The molecule has 0 bridgehead atoms. The molecule has 1 aromatic heterocycles. The Morgan fingerprint density at radius 2 is 1.95 bits per heavy atom. The number of nitrogens with zero attached hydrogens (tertiary/aromatic N) is 3. The van der Waals surface area contributed by atoms with E-state index < -0.39 is 5.60 Å². The molecule has 0 amide bonds. The van der Waals surface area contributed by atoms with Crippen molar-refractivity contribution >= 4 is 0 Å². The molecule has 1 heterocycles. The lowest BCUT2D eigenvalue weighted by Crippen LogP contribution is -2.38. The summed E-state index contributed by atoms with van der Waals surface area (Å²) in [5.41, 5.74) is 3.22. The molecule has 108 valence electrons. The Morgan fingerprint density at radius 3 is 2.47 bits per heavy atom. The summed E-state index contributed by atoms with van der Waals surface area (Å²) >= 11 is 0. The minimum absolute atomic E-state index is 0.461. The van der Waals surface area contributed by atoms with Gasteiger partial charge in [-0.1, -0.05) is 12.8 Å². The number of aliphatic hydroxyl groups is 1. The van der Waals surface area contributed by atoms with Gasteiger partial charge in [0.15, 0.2) is 0 Å². The van der Waals surface area contributed by atoms with E-state index >= 15 is 0 Å². The molecule has 1 aliphatic rings. The highest BCUT2D eigenvalue weighted by Gasteiger charge is 2.32. The molecule has 0 aliphatic heterocycles. The second kappa shape index (κ2) is 5.63. The summed E-state index contributed by atoms with van der Waals surface area (Å²) in [5.74, 6) is 0. The lowest BCUT2D eigenvalue weighted by atomic mass is 10.0. The molecule has 1 fully saturated rings. The van der Waals surface area contributed by atoms with Gasteiger partial charge in [0.2, 0.25) is 0 Å². The zero-order chi connectivity index (χ0) is 14.0. The minimum Gasteiger partial charge on any atom is -0.389 e. The topological polar surface area (TPSA) is 41.3 Å². The Kier molecular flexibility index (Phi) is 4.31. The van der Waals surface area contributed by atoms with Gasteiger partial charge in [-0.15, -0.1) is 0 Å². The molecule has 1 N–H and O–H groups in total. The quantitative estimate of drug-likeness (QED) is 0.888. The third-order valence-electron chi connectivity index (χ3n) is 4.36. The zero-order valence-corrected chi connectivity index (χ0v) is 12.7. The summed E-state index contributed by atoms with van der Waals surface area (Å²) in [6.45, 7) is 8.89. The van der Waals surface area contributed by atoms with E-state index in [-0.39, 0.29) is 0 Å². The summed E-state index contributed by atoms with van der Waals surface area (Å²) < 4.78 is 2.06. The van der Waals surface area contributed by atoms with Crippen molar-refractivity contribution in [3.05, 3.63) is 17.0 Å². The van der Waals surface area contributed by atoms with Gasteiger partial charge in [0.05, 0.1) is 11.3 Å². The second-order valence-corrected chi connectivity index (χ2v) is 6.07. The first kappa shape index (κ1) is 14.5. The van der Waals surface area contributed by atoms with E-state index in [9.17, 15) is 5.11 Å². The van der Waals surface area contributed by atoms with Crippen molar-refractivity contribution < 1.29 is 5.11 Å². The fourth-order valence-corrected chi connectivity index (χ4v) is 3.29. The Balaban J connectivity index is 2.02. The fraction of sp³-hybridized carbons (Fsp3) is 0.800. The van der Waals surface area contributed by atoms with Crippen LogP contribution in [0, 0.1) is 13.8 Å². The van der Waals surface area contributed by atoms with E-state index in [1.54, 1.807) is 0 Å². The van der Waals surface area contributed by atoms with Crippen LogP contribution < -0.4 is 0 Å². The van der Waals surface area contributed by atoms with Gasteiger partial charge in [-0.3, -0.25) is 9.58 Å². The van der Waals surface area contributed by atoms with E-state index in [1.807, 2.05) is 0 Å². The van der Waals surface area contributed by atoms with Crippen LogP contribution in [-0.4, -0.2) is 39.0 Å². The number of aryl methyl sites for hydroxylation is 2. The maximum Gasteiger partial charge on any atom is 0.0774 e. The average Bonchev–Trinajstić information content (AvgIpc) is 2.87. The monoisotopic (exact) mass is 265 g/mol. The Hall–Kier alpha value is -0.870. The molecule has 19 heavy (non-hydrogen) atoms. The van der Waals surface area contributed by atoms with Gasteiger partial charge in [-0.05, 0) is 40.7 Å². The number of hydrogen-bond donors (Lipinski definition) is 1. The standard InChI is InChI=1S/C15H27N3O/c1-5-18-13(3)14(12(2)16-18)10-17(4)11-15(19)8-6-7-9-15/h19H,5-11H2,1-4H3. The van der Waals surface area contributed by atoms with Crippen molar-refractivity contribution in [3.63, 3.8) is 0 Å². The van der Waals surface area contributed by atoms with Crippen molar-refractivity contribution in [3.8, 4) is 0 Å². The third kappa shape index (κ3) is 3.18. The lowest BCUT2D eigenvalue weighted by molar-refractivity contribution is 0.0144. The van der Waals surface area contributed by atoms with Crippen molar-refractivity contribution in [2.75, 3.05) is 13.6 Å². The molecule has 4 nitrogen and oxygen atoms in total. The molecule has 1 aliphatic carbocycles. The van der Waals surface area contributed by atoms with E-state index in [4.69, 9.17) is 0 Å². The van der Waals surface area contributed by atoms with Crippen molar-refractivity contribution in [1.82, 2.24) is 14.7 Å². The zero-order valence-electron chi connectivity index (χ0n) is 12.7. The van der Waals surface area contributed by atoms with Crippen LogP contribution in [0.3, 0.4) is 0 Å². The van der Waals surface area contributed by atoms with Crippen LogP contribution in [0.2, 0.25) is 0 Å². The summed E-state index contributed by atoms with van der Waals surface area (Å²) in [6.07, 6.45) is 4.22. The predicted octanol–water partition coefficient (Wildman–Crippen LogP) is 2.26. The van der Waals surface area contributed by atoms with Gasteiger partial charge in [0.1, 0.15) is 0 Å². The number of hydrogen-bond acceptors (Lipinski definition) is 3. The highest BCUT2D eigenvalue weighted by atomic mass is 16.3. The number of likely N-dealkylation sites (N-methyl/N-ethyl adjacent to an activating group) is 1. The lowest BCUT2D eigenvalue weighted by Gasteiger charge is -2.28. The third-order valence-corrected chi connectivity index (χ3v) is 4.36. The van der Waals surface area contributed by atoms with E-state index in [0.717, 1.165) is 51.0 Å². The maximum absolute atomic E-state index is 10.5. The number of aromatic nitrogens is 2. The molecule has 0 saturated heterocycles.